The number of nitrogens with zero attached hydrogens (tertiary/aromatic N) is 2. The first-order valence-corrected chi connectivity index (χ1v) is 9.49. The van der Waals surface area contributed by atoms with E-state index in [-0.39, 0.29) is 17.0 Å². The van der Waals surface area contributed by atoms with Gasteiger partial charge in [0.2, 0.25) is 5.91 Å². The number of amides is 2. The Kier molecular flexibility index (Phi) is 7.12. The van der Waals surface area contributed by atoms with Crippen molar-refractivity contribution in [2.75, 3.05) is 17.2 Å². The first-order chi connectivity index (χ1) is 13.4. The molecule has 28 heavy (non-hydrogen) atoms. The summed E-state index contributed by atoms with van der Waals surface area (Å²) in [6.45, 7) is 5.67. The molecule has 0 unspecified atom stereocenters. The van der Waals surface area contributed by atoms with E-state index in [4.69, 9.17) is 0 Å². The first-order valence-electron chi connectivity index (χ1n) is 8.67. The van der Waals surface area contributed by atoms with Crippen LogP contribution < -0.4 is 30.7 Å². The molecule has 0 aliphatic carbocycles. The monoisotopic (exact) mass is 399 g/mol. The Labute approximate surface area is 165 Å². The van der Waals surface area contributed by atoms with Crippen LogP contribution in [0.25, 0.3) is 11.8 Å². The summed E-state index contributed by atoms with van der Waals surface area (Å²) in [5.74, 6) is -0.684. The minimum absolute atomic E-state index is 0.0851. The standard InChI is InChI=1S/C19H21N5O3S/c1-4-21-17(26)15(10-20)19-24(5-2)18(27)16(28-19)11-22-13-7-6-8-14(9-13)23-12(3)25/h6-9,11,22H,4-5H2,1-3H3,(H,21,26)(H,23,25)/b16-11+,19-15-. The van der Waals surface area contributed by atoms with Crippen LogP contribution in [0.15, 0.2) is 29.1 Å². The first kappa shape index (κ1) is 20.9. The molecule has 0 saturated heterocycles. The number of benzene rings is 1. The van der Waals surface area contributed by atoms with Crippen molar-refractivity contribution in [1.29, 1.82) is 5.26 Å². The zero-order valence-corrected chi connectivity index (χ0v) is 16.6. The zero-order chi connectivity index (χ0) is 20.7. The lowest BCUT2D eigenvalue weighted by atomic mass is 10.3. The van der Waals surface area contributed by atoms with Crippen LogP contribution in [0.3, 0.4) is 0 Å². The van der Waals surface area contributed by atoms with Crippen LogP contribution in [0.4, 0.5) is 11.4 Å². The van der Waals surface area contributed by atoms with Gasteiger partial charge in [0.15, 0.2) is 5.57 Å². The van der Waals surface area contributed by atoms with Crippen molar-refractivity contribution in [1.82, 2.24) is 9.88 Å². The van der Waals surface area contributed by atoms with Crippen LogP contribution in [-0.2, 0) is 16.1 Å². The highest BCUT2D eigenvalue weighted by Gasteiger charge is 2.14. The largest absolute Gasteiger partial charge is 0.360 e. The molecule has 9 heteroatoms. The van der Waals surface area contributed by atoms with Crippen molar-refractivity contribution in [3.05, 3.63) is 43.8 Å². The van der Waals surface area contributed by atoms with Crippen LogP contribution >= 0.6 is 11.3 Å². The number of nitrogens with one attached hydrogen (secondary N) is 3. The second-order valence-electron chi connectivity index (χ2n) is 5.72. The highest BCUT2D eigenvalue weighted by molar-refractivity contribution is 7.07. The smallest absolute Gasteiger partial charge is 0.270 e. The van der Waals surface area contributed by atoms with E-state index in [1.807, 2.05) is 6.07 Å². The number of hydrogen-bond acceptors (Lipinski definition) is 6. The second kappa shape index (κ2) is 9.53. The number of carbonyl (C=O) groups excluding carboxylic acids is 2. The van der Waals surface area contributed by atoms with E-state index < -0.39 is 5.91 Å². The molecule has 0 aliphatic rings. The van der Waals surface area contributed by atoms with Crippen molar-refractivity contribution in [3.63, 3.8) is 0 Å². The van der Waals surface area contributed by atoms with Gasteiger partial charge in [-0.25, -0.2) is 0 Å². The summed E-state index contributed by atoms with van der Waals surface area (Å²) in [5.41, 5.74) is 0.931. The maximum Gasteiger partial charge on any atom is 0.270 e. The van der Waals surface area contributed by atoms with Crippen molar-refractivity contribution >= 4 is 46.3 Å². The van der Waals surface area contributed by atoms with Crippen LogP contribution in [0.2, 0.25) is 0 Å². The van der Waals surface area contributed by atoms with E-state index in [0.29, 0.717) is 33.7 Å². The molecular formula is C19H21N5O3S. The Bertz CT molecular complexity index is 1110. The van der Waals surface area contributed by atoms with Crippen LogP contribution in [0.1, 0.15) is 20.8 Å². The molecule has 0 bridgehead atoms. The molecule has 3 N–H and O–H groups in total. The van der Waals surface area contributed by atoms with Gasteiger partial charge in [-0.1, -0.05) is 6.07 Å². The molecular weight excluding hydrogens is 378 g/mol. The molecule has 8 nitrogen and oxygen atoms in total. The number of hydrogen-bond donors (Lipinski definition) is 3. The minimum Gasteiger partial charge on any atom is -0.360 e. The van der Waals surface area contributed by atoms with Crippen molar-refractivity contribution in [3.8, 4) is 6.07 Å². The molecule has 0 atom stereocenters. The number of aromatic nitrogens is 1. The van der Waals surface area contributed by atoms with Gasteiger partial charge in [-0.15, -0.1) is 11.3 Å². The van der Waals surface area contributed by atoms with Gasteiger partial charge in [-0.2, -0.15) is 5.26 Å². The number of carbonyl (C=O) groups is 2. The second-order valence-corrected chi connectivity index (χ2v) is 6.75. The fourth-order valence-corrected chi connectivity index (χ4v) is 3.56. The van der Waals surface area contributed by atoms with Gasteiger partial charge in [0.05, 0.1) is 0 Å². The van der Waals surface area contributed by atoms with E-state index in [2.05, 4.69) is 16.0 Å². The summed E-state index contributed by atoms with van der Waals surface area (Å²) in [6, 6.07) is 8.93. The van der Waals surface area contributed by atoms with Crippen molar-refractivity contribution in [2.45, 2.75) is 27.3 Å². The van der Waals surface area contributed by atoms with Gasteiger partial charge in [-0.05, 0) is 32.0 Å². The third kappa shape index (κ3) is 4.86. The predicted molar refractivity (Wildman–Crippen MR) is 110 cm³/mol. The fourth-order valence-electron chi connectivity index (χ4n) is 2.48. The molecule has 0 spiro atoms. The van der Waals surface area contributed by atoms with E-state index in [0.717, 1.165) is 11.3 Å². The normalized spacial score (nSPS) is 12.1. The quantitative estimate of drug-likeness (QED) is 0.656. The third-order valence-electron chi connectivity index (χ3n) is 3.67. The van der Waals surface area contributed by atoms with Crippen molar-refractivity contribution in [2.24, 2.45) is 0 Å². The molecule has 0 aliphatic heterocycles. The van der Waals surface area contributed by atoms with Crippen LogP contribution in [-0.4, -0.2) is 22.9 Å². The number of nitriles is 1. The molecule has 146 valence electrons. The third-order valence-corrected chi connectivity index (χ3v) is 4.80. The number of rotatable bonds is 6. The molecule has 1 aromatic heterocycles. The van der Waals surface area contributed by atoms with Crippen molar-refractivity contribution < 1.29 is 9.59 Å². The Morgan fingerprint density at radius 3 is 2.61 bits per heavy atom. The number of thiazole rings is 1. The summed E-state index contributed by atoms with van der Waals surface area (Å²) in [4.78, 5) is 35.9. The van der Waals surface area contributed by atoms with E-state index in [1.165, 1.54) is 17.7 Å². The molecule has 1 aromatic carbocycles. The van der Waals surface area contributed by atoms with E-state index in [9.17, 15) is 19.6 Å². The molecule has 0 fully saturated rings. The van der Waals surface area contributed by atoms with E-state index in [1.54, 1.807) is 38.1 Å². The summed E-state index contributed by atoms with van der Waals surface area (Å²) in [6.07, 6.45) is 1.53. The maximum absolute atomic E-state index is 12.6. The SMILES string of the molecule is CCNC(=O)/C(C#N)=c1\s/c(=C/Nc2cccc(NC(C)=O)c2)c(=O)n1CC. The van der Waals surface area contributed by atoms with Gasteiger partial charge in [-0.3, -0.25) is 19.0 Å². The number of anilines is 2. The maximum atomic E-state index is 12.6. The average Bonchev–Trinajstić information content (AvgIpc) is 2.96. The summed E-state index contributed by atoms with van der Waals surface area (Å²) in [7, 11) is 0. The molecule has 2 amide bonds. The highest BCUT2D eigenvalue weighted by Crippen LogP contribution is 2.14. The van der Waals surface area contributed by atoms with Gasteiger partial charge >= 0.3 is 0 Å². The molecule has 1 heterocycles. The van der Waals surface area contributed by atoms with Gasteiger partial charge < -0.3 is 16.0 Å². The Morgan fingerprint density at radius 2 is 2.00 bits per heavy atom. The lowest BCUT2D eigenvalue weighted by Gasteiger charge is -2.04. The van der Waals surface area contributed by atoms with Crippen LogP contribution in [0, 0.1) is 11.3 Å². The summed E-state index contributed by atoms with van der Waals surface area (Å²) < 4.78 is 2.08. The van der Waals surface area contributed by atoms with Gasteiger partial charge in [0, 0.05) is 37.6 Å². The average molecular weight is 399 g/mol. The predicted octanol–water partition coefficient (Wildman–Crippen LogP) is 0.549. The molecule has 0 saturated carbocycles. The summed E-state index contributed by atoms with van der Waals surface area (Å²) in [5, 5.41) is 17.7. The van der Waals surface area contributed by atoms with Crippen LogP contribution in [0.5, 0.6) is 0 Å². The summed E-state index contributed by atoms with van der Waals surface area (Å²) >= 11 is 1.07. The highest BCUT2D eigenvalue weighted by atomic mass is 32.1. The molecule has 2 aromatic rings. The fraction of sp³-hybridized carbons (Fsp3) is 0.263. The topological polar surface area (TPSA) is 116 Å². The Balaban J connectivity index is 2.49. The Hall–Kier alpha value is -3.38. The van der Waals surface area contributed by atoms with Gasteiger partial charge in [0.25, 0.3) is 11.5 Å². The Morgan fingerprint density at radius 1 is 1.29 bits per heavy atom. The molecule has 0 radical (unpaired) electrons. The zero-order valence-electron chi connectivity index (χ0n) is 15.8. The minimum atomic E-state index is -0.504. The lowest BCUT2D eigenvalue weighted by molar-refractivity contribution is -0.115. The van der Waals surface area contributed by atoms with Gasteiger partial charge in [0.1, 0.15) is 15.3 Å². The van der Waals surface area contributed by atoms with E-state index >= 15 is 0 Å². The lowest BCUT2D eigenvalue weighted by Crippen LogP contribution is -2.34. The molecule has 2 rings (SSSR count).